The van der Waals surface area contributed by atoms with Gasteiger partial charge in [0.2, 0.25) is 0 Å². The third-order valence-corrected chi connectivity index (χ3v) is 0. The molecule has 12 N–H and O–H groups in total. The first-order valence-corrected chi connectivity index (χ1v) is 0. The van der Waals surface area contributed by atoms with Crippen LogP contribution in [0.5, 0.6) is 0 Å². The van der Waals surface area contributed by atoms with Crippen LogP contribution in [0, 0.1) is 0 Å². The quantitative estimate of drug-likeness (QED) is 0.346. The van der Waals surface area contributed by atoms with E-state index in [1.165, 1.54) is 0 Å². The van der Waals surface area contributed by atoms with Gasteiger partial charge in [0.15, 0.2) is 0 Å². The van der Waals surface area contributed by atoms with Gasteiger partial charge in [-0.15, -0.1) is 0 Å². The zero-order valence-electron chi connectivity index (χ0n) is 4.50. The summed E-state index contributed by atoms with van der Waals surface area (Å²) in [5.74, 6) is 0. The Kier molecular flexibility index (Phi) is 71600. The maximum Gasteiger partial charge on any atom is 0 e. The second kappa shape index (κ2) is 676. The zero-order valence-corrected chi connectivity index (χ0v) is 8.06. The van der Waals surface area contributed by atoms with Crippen LogP contribution in [-0.2, 0) is 21.7 Å². The summed E-state index contributed by atoms with van der Waals surface area (Å²) in [5.41, 5.74) is 0. The molecule has 6 nitrogen and oxygen atoms in total. The summed E-state index contributed by atoms with van der Waals surface area (Å²) in [4.78, 5) is 0. The Hall–Kier alpha value is 0.908. The SMILES string of the molecule is O.O.O.O.O.O.[Si].[Si].[Ti]. The molecule has 60 valence electrons. The van der Waals surface area contributed by atoms with Crippen LogP contribution in [0.25, 0.3) is 0 Å². The third-order valence-electron chi connectivity index (χ3n) is 0. The van der Waals surface area contributed by atoms with Crippen LogP contribution < -0.4 is 0 Å². The topological polar surface area (TPSA) is 189 Å². The number of hydrogen-bond donors (Lipinski definition) is 0. The molecule has 0 aliphatic rings. The maximum atomic E-state index is 0. The first-order valence-electron chi connectivity index (χ1n) is 0. The van der Waals surface area contributed by atoms with E-state index < -0.39 is 0 Å². The van der Waals surface area contributed by atoms with E-state index >= 15 is 0 Å². The Morgan fingerprint density at radius 1 is 0.333 bits per heavy atom. The van der Waals surface area contributed by atoms with Gasteiger partial charge in [0.25, 0.3) is 0 Å². The summed E-state index contributed by atoms with van der Waals surface area (Å²) >= 11 is 0. The van der Waals surface area contributed by atoms with Gasteiger partial charge in [-0.3, -0.25) is 0 Å². The Morgan fingerprint density at radius 3 is 0.333 bits per heavy atom. The first kappa shape index (κ1) is 954. The van der Waals surface area contributed by atoms with Crippen molar-refractivity contribution in [2.75, 3.05) is 0 Å². The molecule has 0 heterocycles. The summed E-state index contributed by atoms with van der Waals surface area (Å²) in [7, 11) is 0. The molecular formula is H12O6Si2Ti. The van der Waals surface area contributed by atoms with Gasteiger partial charge in [-0.2, -0.15) is 0 Å². The molecule has 0 atom stereocenters. The van der Waals surface area contributed by atoms with Gasteiger partial charge in [0, 0.05) is 43.6 Å². The fraction of sp³-hybridized carbons (Fsp3) is 0. The molecule has 0 amide bonds. The molecule has 9 heteroatoms. The second-order valence-electron chi connectivity index (χ2n) is 0. The molecule has 0 aromatic rings. The van der Waals surface area contributed by atoms with E-state index in [9.17, 15) is 0 Å². The van der Waals surface area contributed by atoms with Crippen molar-refractivity contribution in [2.45, 2.75) is 0 Å². The van der Waals surface area contributed by atoms with Crippen LogP contribution in [-0.4, -0.2) is 54.8 Å². The fourth-order valence-corrected chi connectivity index (χ4v) is 0. The minimum atomic E-state index is 0. The van der Waals surface area contributed by atoms with Crippen LogP contribution in [0.1, 0.15) is 0 Å². The van der Waals surface area contributed by atoms with Crippen LogP contribution in [0.3, 0.4) is 0 Å². The van der Waals surface area contributed by atoms with E-state index in [4.69, 9.17) is 0 Å². The Bertz CT molecular complexity index is 11.0. The molecule has 0 saturated heterocycles. The van der Waals surface area contributed by atoms with Crippen LogP contribution in [0.4, 0.5) is 0 Å². The van der Waals surface area contributed by atoms with Crippen LogP contribution in [0.15, 0.2) is 0 Å². The van der Waals surface area contributed by atoms with Gasteiger partial charge >= 0.3 is 0 Å². The molecule has 0 aromatic carbocycles. The molecule has 0 aliphatic heterocycles. The molecule has 0 bridgehead atoms. The average molecular weight is 212 g/mol. The third kappa shape index (κ3) is 516. The molecule has 0 aromatic heterocycles. The van der Waals surface area contributed by atoms with Crippen molar-refractivity contribution in [2.24, 2.45) is 0 Å². The van der Waals surface area contributed by atoms with Crippen LogP contribution in [0.2, 0.25) is 0 Å². The summed E-state index contributed by atoms with van der Waals surface area (Å²) in [6, 6.07) is 0. The average Bonchev–Trinajstić information content (AvgIpc) is 0. The molecule has 0 aliphatic carbocycles. The van der Waals surface area contributed by atoms with E-state index in [2.05, 4.69) is 0 Å². The Labute approximate surface area is 76.8 Å². The van der Waals surface area contributed by atoms with Gasteiger partial charge < -0.3 is 32.9 Å². The van der Waals surface area contributed by atoms with Gasteiger partial charge in [0.05, 0.1) is 0 Å². The molecule has 0 rings (SSSR count). The van der Waals surface area contributed by atoms with Crippen molar-refractivity contribution in [3.05, 3.63) is 0 Å². The standard InChI is InChI=1S/6H2O.2Si.Ti/h6*1H2;;;. The molecular weight excluding hydrogens is 200 g/mol. The smallest absolute Gasteiger partial charge is 0 e. The maximum absolute atomic E-state index is 0. The van der Waals surface area contributed by atoms with Crippen LogP contribution >= 0.6 is 0 Å². The van der Waals surface area contributed by atoms with Crippen molar-refractivity contribution >= 4 is 21.9 Å². The number of rotatable bonds is 0. The predicted octanol–water partition coefficient (Wildman–Crippen LogP) is -5.71. The Balaban J connectivity index is 0. The first-order chi connectivity index (χ1) is 0. The van der Waals surface area contributed by atoms with E-state index in [0.717, 1.165) is 0 Å². The largest absolute Gasteiger partial charge is 0.412 e. The van der Waals surface area contributed by atoms with Gasteiger partial charge in [0.1, 0.15) is 0 Å². The molecule has 0 saturated carbocycles. The van der Waals surface area contributed by atoms with Gasteiger partial charge in [-0.05, 0) is 0 Å². The summed E-state index contributed by atoms with van der Waals surface area (Å²) in [6.45, 7) is 0. The molecule has 0 spiro atoms. The normalized spacial score (nSPS) is 0. The molecule has 0 unspecified atom stereocenters. The van der Waals surface area contributed by atoms with Crippen molar-refractivity contribution in [3.63, 3.8) is 0 Å². The van der Waals surface area contributed by atoms with E-state index in [0.29, 0.717) is 0 Å². The van der Waals surface area contributed by atoms with E-state index in [-0.39, 0.29) is 76.5 Å². The van der Waals surface area contributed by atoms with Gasteiger partial charge in [-0.25, -0.2) is 0 Å². The van der Waals surface area contributed by atoms with Crippen molar-refractivity contribution in [3.8, 4) is 0 Å². The van der Waals surface area contributed by atoms with E-state index in [1.54, 1.807) is 0 Å². The van der Waals surface area contributed by atoms with E-state index in [1.807, 2.05) is 0 Å². The minimum Gasteiger partial charge on any atom is -0.412 e. The molecule has 8 radical (unpaired) electrons. The number of hydrogen-bond acceptors (Lipinski definition) is 0. The summed E-state index contributed by atoms with van der Waals surface area (Å²) in [6.07, 6.45) is 0. The van der Waals surface area contributed by atoms with Gasteiger partial charge in [-0.1, -0.05) is 0 Å². The van der Waals surface area contributed by atoms with Crippen molar-refractivity contribution < 1.29 is 54.6 Å². The second-order valence-corrected chi connectivity index (χ2v) is 0. The Morgan fingerprint density at radius 2 is 0.333 bits per heavy atom. The fourth-order valence-electron chi connectivity index (χ4n) is 0. The summed E-state index contributed by atoms with van der Waals surface area (Å²) in [5, 5.41) is 0. The zero-order chi connectivity index (χ0) is 0. The minimum absolute atomic E-state index is 0. The van der Waals surface area contributed by atoms with Crippen molar-refractivity contribution in [1.29, 1.82) is 0 Å². The van der Waals surface area contributed by atoms with Crippen molar-refractivity contribution in [1.82, 2.24) is 0 Å². The monoisotopic (exact) mass is 212 g/mol. The summed E-state index contributed by atoms with van der Waals surface area (Å²) < 4.78 is 0. The molecule has 9 heavy (non-hydrogen) atoms. The predicted molar refractivity (Wildman–Crippen MR) is 33.2 cm³/mol. The molecule has 0 fully saturated rings.